The van der Waals surface area contributed by atoms with Crippen LogP contribution in [0.25, 0.3) is 16.9 Å². The van der Waals surface area contributed by atoms with Gasteiger partial charge in [-0.1, -0.05) is 0 Å². The molecule has 200 valence electrons. The second-order valence-corrected chi connectivity index (χ2v) is 11.7. The summed E-state index contributed by atoms with van der Waals surface area (Å²) in [4.78, 5) is 36.9. The summed E-state index contributed by atoms with van der Waals surface area (Å²) in [7, 11) is -3.67. The van der Waals surface area contributed by atoms with Crippen LogP contribution in [0, 0.1) is 5.92 Å². The number of amides is 2. The number of fused-ring (bicyclic) bond motifs is 2. The quantitative estimate of drug-likeness (QED) is 0.318. The minimum atomic E-state index is -3.67. The first-order chi connectivity index (χ1) is 18.6. The normalized spacial score (nSPS) is 15.8. The van der Waals surface area contributed by atoms with Gasteiger partial charge in [0, 0.05) is 30.5 Å². The van der Waals surface area contributed by atoms with Gasteiger partial charge in [0.2, 0.25) is 10.0 Å². The fourth-order valence-corrected chi connectivity index (χ4v) is 5.58. The van der Waals surface area contributed by atoms with Gasteiger partial charge in [0.1, 0.15) is 5.56 Å². The van der Waals surface area contributed by atoms with Crippen LogP contribution in [-0.2, 0) is 16.6 Å². The van der Waals surface area contributed by atoms with Crippen LogP contribution in [0.5, 0.6) is 0 Å². The third-order valence-electron chi connectivity index (χ3n) is 7.08. The van der Waals surface area contributed by atoms with Gasteiger partial charge >= 0.3 is 0 Å². The van der Waals surface area contributed by atoms with E-state index in [0.717, 1.165) is 19.1 Å². The van der Waals surface area contributed by atoms with Crippen LogP contribution in [0.2, 0.25) is 0 Å². The van der Waals surface area contributed by atoms with Crippen LogP contribution < -0.4 is 15.8 Å². The zero-order valence-corrected chi connectivity index (χ0v) is 22.1. The molecule has 1 aliphatic heterocycles. The Labute approximate surface area is 224 Å². The minimum absolute atomic E-state index is 0.00438. The van der Waals surface area contributed by atoms with E-state index in [-0.39, 0.29) is 34.7 Å². The van der Waals surface area contributed by atoms with Crippen LogP contribution in [0.15, 0.2) is 48.9 Å². The van der Waals surface area contributed by atoms with E-state index in [1.54, 1.807) is 41.6 Å². The van der Waals surface area contributed by atoms with Crippen molar-refractivity contribution in [1.82, 2.24) is 24.5 Å². The molecule has 0 unspecified atom stereocenters. The van der Waals surface area contributed by atoms with Crippen molar-refractivity contribution in [3.63, 3.8) is 0 Å². The van der Waals surface area contributed by atoms with E-state index in [1.807, 2.05) is 13.0 Å². The lowest BCUT2D eigenvalue weighted by Gasteiger charge is -2.24. The first-order valence-corrected chi connectivity index (χ1v) is 14.3. The van der Waals surface area contributed by atoms with E-state index >= 15 is 0 Å². The summed E-state index contributed by atoms with van der Waals surface area (Å²) >= 11 is 0. The average molecular weight is 547 g/mol. The van der Waals surface area contributed by atoms with Crippen molar-refractivity contribution in [3.8, 4) is 11.3 Å². The highest BCUT2D eigenvalue weighted by Crippen LogP contribution is 2.41. The number of nitrogens with one attached hydrogen (secondary N) is 2. The molecule has 12 nitrogen and oxygen atoms in total. The van der Waals surface area contributed by atoms with Crippen molar-refractivity contribution < 1.29 is 18.0 Å². The Morgan fingerprint density at radius 1 is 1.23 bits per heavy atom. The summed E-state index contributed by atoms with van der Waals surface area (Å²) in [5.41, 5.74) is 9.18. The molecule has 2 aliphatic rings. The molecule has 3 aromatic heterocycles. The lowest BCUT2D eigenvalue weighted by Crippen LogP contribution is -2.34. The number of hydrogen-bond acceptors (Lipinski definition) is 8. The number of hydrogen-bond donors (Lipinski definition) is 3. The van der Waals surface area contributed by atoms with Crippen molar-refractivity contribution >= 4 is 44.7 Å². The molecule has 6 rings (SSSR count). The first-order valence-electron chi connectivity index (χ1n) is 12.4. The molecule has 0 spiro atoms. The molecule has 13 heteroatoms. The Morgan fingerprint density at radius 3 is 2.72 bits per heavy atom. The van der Waals surface area contributed by atoms with Crippen LogP contribution >= 0.6 is 0 Å². The van der Waals surface area contributed by atoms with Crippen LogP contribution in [0.1, 0.15) is 46.0 Å². The maximum absolute atomic E-state index is 13.4. The van der Waals surface area contributed by atoms with E-state index < -0.39 is 15.9 Å². The predicted octanol–water partition coefficient (Wildman–Crippen LogP) is 2.75. The Bertz CT molecular complexity index is 1750. The number of rotatable bonds is 7. The van der Waals surface area contributed by atoms with Gasteiger partial charge in [0.25, 0.3) is 11.8 Å². The topological polar surface area (TPSA) is 165 Å². The number of sulfonamides is 1. The lowest BCUT2D eigenvalue weighted by molar-refractivity contribution is 0.0698. The highest BCUT2D eigenvalue weighted by atomic mass is 32.2. The maximum atomic E-state index is 13.4. The molecule has 0 saturated heterocycles. The smallest absolute Gasteiger partial charge is 0.263 e. The number of nitrogens with zero attached hydrogens (tertiary/aromatic N) is 5. The molecule has 1 fully saturated rings. The van der Waals surface area contributed by atoms with E-state index in [1.165, 1.54) is 10.7 Å². The molecule has 1 saturated carbocycles. The minimum Gasteiger partial charge on any atom is -0.381 e. The summed E-state index contributed by atoms with van der Waals surface area (Å²) in [6, 6.07) is 8.57. The Morgan fingerprint density at radius 2 is 2.03 bits per heavy atom. The molecule has 1 aromatic carbocycles. The van der Waals surface area contributed by atoms with Crippen LogP contribution in [0.4, 0.5) is 17.2 Å². The molecule has 4 aromatic rings. The fourth-order valence-electron chi connectivity index (χ4n) is 5.02. The molecule has 0 bridgehead atoms. The summed E-state index contributed by atoms with van der Waals surface area (Å²) in [6.07, 6.45) is 7.93. The molecule has 2 amide bonds. The van der Waals surface area contributed by atoms with E-state index in [2.05, 4.69) is 25.1 Å². The van der Waals surface area contributed by atoms with Gasteiger partial charge in [-0.05, 0) is 61.6 Å². The SMILES string of the molecule is C[C@@H](C1CC1)N1Cc2cc(-c3ccn4nc(N)c(C(=O)Nc5cccnc5)c4n3)cc(NS(C)(=O)=O)c2C1=O. The second kappa shape index (κ2) is 9.05. The van der Waals surface area contributed by atoms with Crippen molar-refractivity contribution in [3.05, 3.63) is 65.6 Å². The van der Waals surface area contributed by atoms with Gasteiger partial charge in [-0.25, -0.2) is 17.9 Å². The third kappa shape index (κ3) is 4.65. The molecular formula is C26H26N8O4S. The Balaban J connectivity index is 1.42. The number of anilines is 3. The Hall–Kier alpha value is -4.52. The number of nitrogens with two attached hydrogens (primary N) is 1. The Kier molecular flexibility index (Phi) is 5.75. The zero-order valence-electron chi connectivity index (χ0n) is 21.2. The van der Waals surface area contributed by atoms with Crippen LogP contribution in [-0.4, -0.2) is 57.0 Å². The molecular weight excluding hydrogens is 520 g/mol. The first kappa shape index (κ1) is 24.8. The number of pyridine rings is 1. The van der Waals surface area contributed by atoms with Gasteiger partial charge in [-0.15, -0.1) is 5.10 Å². The van der Waals surface area contributed by atoms with E-state index in [0.29, 0.717) is 40.5 Å². The fraction of sp³-hybridized carbons (Fsp3) is 0.269. The van der Waals surface area contributed by atoms with E-state index in [4.69, 9.17) is 5.73 Å². The number of nitrogen functional groups attached to an aromatic ring is 1. The summed E-state index contributed by atoms with van der Waals surface area (Å²) in [6.45, 7) is 2.41. The number of carbonyl (C=O) groups excluding carboxylic acids is 2. The predicted molar refractivity (Wildman–Crippen MR) is 146 cm³/mol. The van der Waals surface area contributed by atoms with E-state index in [9.17, 15) is 18.0 Å². The number of carbonyl (C=O) groups is 2. The largest absolute Gasteiger partial charge is 0.381 e. The summed E-state index contributed by atoms with van der Waals surface area (Å²) < 4.78 is 28.3. The molecule has 0 radical (unpaired) electrons. The standard InChI is InChI=1S/C26H26N8O4S/c1-14(15-5-6-15)33-13-17-10-16(11-20(21(17)26(33)36)32-39(2,37)38)19-7-9-34-24(30-19)22(23(27)31-34)25(35)29-18-4-3-8-28-12-18/h3-4,7-12,14-15,32H,5-6,13H2,1-2H3,(H2,27,31)(H,29,35)/t14-/m0/s1. The van der Waals surface area contributed by atoms with Crippen molar-refractivity contribution in [2.24, 2.45) is 5.92 Å². The zero-order chi connectivity index (χ0) is 27.5. The summed E-state index contributed by atoms with van der Waals surface area (Å²) in [5, 5.41) is 6.95. The number of benzene rings is 1. The number of aromatic nitrogens is 4. The molecule has 1 atom stereocenters. The van der Waals surface area contributed by atoms with Gasteiger partial charge in [-0.2, -0.15) is 0 Å². The van der Waals surface area contributed by atoms with Gasteiger partial charge in [-0.3, -0.25) is 19.3 Å². The van der Waals surface area contributed by atoms with Gasteiger partial charge in [0.05, 0.1) is 35.1 Å². The maximum Gasteiger partial charge on any atom is 0.263 e. The monoisotopic (exact) mass is 546 g/mol. The van der Waals surface area contributed by atoms with Gasteiger partial charge < -0.3 is 16.0 Å². The highest BCUT2D eigenvalue weighted by molar-refractivity contribution is 7.92. The van der Waals surface area contributed by atoms with Crippen molar-refractivity contribution in [2.45, 2.75) is 32.4 Å². The van der Waals surface area contributed by atoms with Crippen molar-refractivity contribution in [1.29, 1.82) is 0 Å². The second-order valence-electron chi connectivity index (χ2n) is 9.98. The average Bonchev–Trinajstić information content (AvgIpc) is 3.60. The lowest BCUT2D eigenvalue weighted by atomic mass is 10.0. The van der Waals surface area contributed by atoms with Crippen LogP contribution in [0.3, 0.4) is 0 Å². The molecule has 4 N–H and O–H groups in total. The third-order valence-corrected chi connectivity index (χ3v) is 7.67. The summed E-state index contributed by atoms with van der Waals surface area (Å²) in [5.74, 6) is -0.223. The molecule has 1 aliphatic carbocycles. The van der Waals surface area contributed by atoms with Gasteiger partial charge in [0.15, 0.2) is 11.5 Å². The molecule has 4 heterocycles. The molecule has 39 heavy (non-hydrogen) atoms. The highest BCUT2D eigenvalue weighted by Gasteiger charge is 2.40. The van der Waals surface area contributed by atoms with Crippen molar-refractivity contribution in [2.75, 3.05) is 22.0 Å².